The number of hydrogen-bond donors (Lipinski definition) is 1. The van der Waals surface area contributed by atoms with Gasteiger partial charge in [-0.25, -0.2) is 10.9 Å². The molecule has 0 aliphatic rings. The normalized spacial score (nSPS) is 10.3. The van der Waals surface area contributed by atoms with Crippen molar-refractivity contribution in [2.24, 2.45) is 5.84 Å². The monoisotopic (exact) mass is 202 g/mol. The number of aromatic nitrogens is 2. The lowest BCUT2D eigenvalue weighted by atomic mass is 10.2. The van der Waals surface area contributed by atoms with Gasteiger partial charge in [0.2, 0.25) is 5.91 Å². The summed E-state index contributed by atoms with van der Waals surface area (Å²) in [5.74, 6) is 5.68. The van der Waals surface area contributed by atoms with Crippen molar-refractivity contribution in [1.82, 2.24) is 10.2 Å². The zero-order valence-electron chi connectivity index (χ0n) is 8.21. The van der Waals surface area contributed by atoms with Gasteiger partial charge in [-0.15, -0.1) is 5.10 Å². The SMILES string of the molecule is CC(=O)N(N)c1nncc2ccccc12. The maximum atomic E-state index is 11.1. The van der Waals surface area contributed by atoms with Crippen LogP contribution in [-0.2, 0) is 4.79 Å². The minimum atomic E-state index is -0.277. The zero-order chi connectivity index (χ0) is 10.8. The molecule has 0 saturated carbocycles. The van der Waals surface area contributed by atoms with E-state index in [2.05, 4.69) is 10.2 Å². The van der Waals surface area contributed by atoms with E-state index in [1.807, 2.05) is 24.3 Å². The average Bonchev–Trinajstić information content (AvgIpc) is 2.27. The average molecular weight is 202 g/mol. The van der Waals surface area contributed by atoms with Crippen LogP contribution in [0.1, 0.15) is 6.92 Å². The van der Waals surface area contributed by atoms with Gasteiger partial charge in [0.25, 0.3) is 0 Å². The number of carbonyl (C=O) groups is 1. The Labute approximate surface area is 86.5 Å². The first-order valence-corrected chi connectivity index (χ1v) is 4.46. The van der Waals surface area contributed by atoms with E-state index in [-0.39, 0.29) is 5.91 Å². The Balaban J connectivity index is 2.65. The highest BCUT2D eigenvalue weighted by Gasteiger charge is 2.11. The molecule has 76 valence electrons. The van der Waals surface area contributed by atoms with Crippen molar-refractivity contribution in [1.29, 1.82) is 0 Å². The highest BCUT2D eigenvalue weighted by molar-refractivity contribution is 5.99. The van der Waals surface area contributed by atoms with E-state index in [4.69, 9.17) is 5.84 Å². The molecule has 5 heteroatoms. The van der Waals surface area contributed by atoms with Crippen LogP contribution in [-0.4, -0.2) is 16.1 Å². The van der Waals surface area contributed by atoms with Crippen molar-refractivity contribution in [3.05, 3.63) is 30.5 Å². The van der Waals surface area contributed by atoms with Gasteiger partial charge in [0.15, 0.2) is 5.82 Å². The summed E-state index contributed by atoms with van der Waals surface area (Å²) in [5.41, 5.74) is 0. The molecule has 2 aromatic rings. The number of anilines is 1. The van der Waals surface area contributed by atoms with Crippen LogP contribution >= 0.6 is 0 Å². The Kier molecular flexibility index (Phi) is 2.31. The predicted octanol–water partition coefficient (Wildman–Crippen LogP) is 0.856. The molecule has 0 unspecified atom stereocenters. The van der Waals surface area contributed by atoms with E-state index in [0.29, 0.717) is 5.82 Å². The number of carbonyl (C=O) groups excluding carboxylic acids is 1. The third kappa shape index (κ3) is 1.64. The minimum absolute atomic E-state index is 0.277. The second-order valence-corrected chi connectivity index (χ2v) is 3.14. The molecule has 5 nitrogen and oxygen atoms in total. The van der Waals surface area contributed by atoms with E-state index in [9.17, 15) is 4.79 Å². The number of hydrogen-bond acceptors (Lipinski definition) is 4. The summed E-state index contributed by atoms with van der Waals surface area (Å²) in [6.45, 7) is 1.38. The highest BCUT2D eigenvalue weighted by Crippen LogP contribution is 2.20. The zero-order valence-corrected chi connectivity index (χ0v) is 8.21. The first-order chi connectivity index (χ1) is 7.20. The summed E-state index contributed by atoms with van der Waals surface area (Å²) < 4.78 is 0. The van der Waals surface area contributed by atoms with Crippen LogP contribution in [0.3, 0.4) is 0 Å². The number of nitrogens with two attached hydrogens (primary N) is 1. The molecule has 2 N–H and O–H groups in total. The van der Waals surface area contributed by atoms with E-state index >= 15 is 0 Å². The third-order valence-corrected chi connectivity index (χ3v) is 2.12. The van der Waals surface area contributed by atoms with Gasteiger partial charge < -0.3 is 0 Å². The first-order valence-electron chi connectivity index (χ1n) is 4.46. The van der Waals surface area contributed by atoms with Crippen molar-refractivity contribution >= 4 is 22.5 Å². The molecule has 0 aliphatic heterocycles. The first kappa shape index (κ1) is 9.54. The Morgan fingerprint density at radius 2 is 2.13 bits per heavy atom. The number of benzene rings is 1. The van der Waals surface area contributed by atoms with Crippen molar-refractivity contribution in [2.45, 2.75) is 6.92 Å². The van der Waals surface area contributed by atoms with Gasteiger partial charge >= 0.3 is 0 Å². The smallest absolute Gasteiger partial charge is 0.239 e. The lowest BCUT2D eigenvalue weighted by Crippen LogP contribution is -2.36. The lowest BCUT2D eigenvalue weighted by Gasteiger charge is -2.13. The van der Waals surface area contributed by atoms with Gasteiger partial charge in [-0.1, -0.05) is 24.3 Å². The largest absolute Gasteiger partial charge is 0.273 e. The molecule has 0 spiro atoms. The summed E-state index contributed by atoms with van der Waals surface area (Å²) in [7, 11) is 0. The fraction of sp³-hybridized carbons (Fsp3) is 0.100. The molecular weight excluding hydrogens is 192 g/mol. The fourth-order valence-corrected chi connectivity index (χ4v) is 1.34. The topological polar surface area (TPSA) is 72.1 Å². The van der Waals surface area contributed by atoms with Crippen LogP contribution in [0.5, 0.6) is 0 Å². The van der Waals surface area contributed by atoms with Crippen LogP contribution in [0.25, 0.3) is 10.8 Å². The molecule has 1 amide bonds. The number of hydrazine groups is 1. The summed E-state index contributed by atoms with van der Waals surface area (Å²) >= 11 is 0. The minimum Gasteiger partial charge on any atom is -0.273 e. The quantitative estimate of drug-likeness (QED) is 0.423. The van der Waals surface area contributed by atoms with Crippen LogP contribution < -0.4 is 10.9 Å². The molecule has 1 aromatic carbocycles. The fourth-order valence-electron chi connectivity index (χ4n) is 1.34. The molecule has 0 saturated heterocycles. The molecule has 0 bridgehead atoms. The van der Waals surface area contributed by atoms with Gasteiger partial charge in [0.05, 0.1) is 6.20 Å². The van der Waals surface area contributed by atoms with Crippen molar-refractivity contribution < 1.29 is 4.79 Å². The maximum absolute atomic E-state index is 11.1. The molecule has 0 radical (unpaired) electrons. The molecule has 2 rings (SSSR count). The van der Waals surface area contributed by atoms with Gasteiger partial charge in [-0.05, 0) is 0 Å². The van der Waals surface area contributed by atoms with Crippen LogP contribution in [0.2, 0.25) is 0 Å². The second kappa shape index (κ2) is 3.62. The molecule has 0 aliphatic carbocycles. The molecule has 1 heterocycles. The van der Waals surface area contributed by atoms with Gasteiger partial charge in [0, 0.05) is 17.7 Å². The number of nitrogens with zero attached hydrogens (tertiary/aromatic N) is 3. The molecule has 0 fully saturated rings. The number of fused-ring (bicyclic) bond motifs is 1. The van der Waals surface area contributed by atoms with E-state index in [0.717, 1.165) is 15.8 Å². The molecule has 1 aromatic heterocycles. The second-order valence-electron chi connectivity index (χ2n) is 3.14. The lowest BCUT2D eigenvalue weighted by molar-refractivity contribution is -0.116. The summed E-state index contributed by atoms with van der Waals surface area (Å²) in [4.78, 5) is 11.1. The van der Waals surface area contributed by atoms with Gasteiger partial charge in [-0.2, -0.15) is 5.10 Å². The maximum Gasteiger partial charge on any atom is 0.239 e. The predicted molar refractivity (Wildman–Crippen MR) is 56.9 cm³/mol. The summed E-state index contributed by atoms with van der Waals surface area (Å²) in [6.07, 6.45) is 1.63. The number of amides is 1. The van der Waals surface area contributed by atoms with Crippen molar-refractivity contribution in [2.75, 3.05) is 5.01 Å². The Hall–Kier alpha value is -2.01. The van der Waals surface area contributed by atoms with Gasteiger partial charge in [0.1, 0.15) is 0 Å². The van der Waals surface area contributed by atoms with Crippen LogP contribution in [0.4, 0.5) is 5.82 Å². The van der Waals surface area contributed by atoms with Crippen LogP contribution in [0.15, 0.2) is 30.5 Å². The number of rotatable bonds is 1. The third-order valence-electron chi connectivity index (χ3n) is 2.12. The molecule has 15 heavy (non-hydrogen) atoms. The standard InChI is InChI=1S/C10H10N4O/c1-7(15)14(11)10-9-5-3-2-4-8(9)6-12-13-10/h2-6H,11H2,1H3. The summed E-state index contributed by atoms with van der Waals surface area (Å²) in [5, 5.41) is 10.4. The highest BCUT2D eigenvalue weighted by atomic mass is 16.2. The molecular formula is C10H10N4O. The van der Waals surface area contributed by atoms with Crippen LogP contribution in [0, 0.1) is 0 Å². The Morgan fingerprint density at radius 1 is 1.40 bits per heavy atom. The Morgan fingerprint density at radius 3 is 2.87 bits per heavy atom. The van der Waals surface area contributed by atoms with Crippen molar-refractivity contribution in [3.8, 4) is 0 Å². The van der Waals surface area contributed by atoms with Crippen molar-refractivity contribution in [3.63, 3.8) is 0 Å². The van der Waals surface area contributed by atoms with E-state index in [1.165, 1.54) is 6.92 Å². The summed E-state index contributed by atoms with van der Waals surface area (Å²) in [6, 6.07) is 7.49. The van der Waals surface area contributed by atoms with E-state index < -0.39 is 0 Å². The van der Waals surface area contributed by atoms with Gasteiger partial charge in [-0.3, -0.25) is 4.79 Å². The Bertz CT molecular complexity index is 506. The molecule has 0 atom stereocenters. The van der Waals surface area contributed by atoms with E-state index in [1.54, 1.807) is 6.20 Å².